The Bertz CT molecular complexity index is 2740. The summed E-state index contributed by atoms with van der Waals surface area (Å²) in [7, 11) is -5.08. The summed E-state index contributed by atoms with van der Waals surface area (Å²) < 4.78 is 0. The molecule has 83 heavy (non-hydrogen) atoms. The van der Waals surface area contributed by atoms with E-state index in [4.69, 9.17) is 0 Å². The molecule has 12 aromatic rings. The van der Waals surface area contributed by atoms with E-state index in [2.05, 4.69) is 364 Å². The van der Waals surface area contributed by atoms with E-state index in [-0.39, 0.29) is 42.1 Å². The van der Waals surface area contributed by atoms with Crippen molar-refractivity contribution >= 4 is 111 Å². The monoisotopic (exact) mass is 1550 g/mol. The number of hydrogen-bond acceptors (Lipinski definition) is 0. The fourth-order valence-electron chi connectivity index (χ4n) is 10.4. The summed E-state index contributed by atoms with van der Waals surface area (Å²) in [4.78, 5) is 0. The molecule has 0 saturated carbocycles. The molecule has 12 rings (SSSR count). The van der Waals surface area contributed by atoms with Crippen LogP contribution < -0.4 is 63.7 Å². The normalized spacial score (nSPS) is 10.8. The molecular weight excluding hydrogens is 1480 g/mol. The molecule has 0 amide bonds. The van der Waals surface area contributed by atoms with Crippen LogP contribution in [-0.4, -0.2) is 17.7 Å². The molecule has 0 unspecified atom stereocenters. The molecule has 12 aromatic carbocycles. The Morgan fingerprint density at radius 2 is 0.193 bits per heavy atom. The zero-order valence-corrected chi connectivity index (χ0v) is 56.9. The van der Waals surface area contributed by atoms with Crippen LogP contribution in [0.1, 0.15) is 0 Å². The Morgan fingerprint density at radius 3 is 0.265 bits per heavy atom. The fraction of sp³-hybridized carbons (Fsp3) is 0.0400. The summed E-state index contributed by atoms with van der Waals surface area (Å²) in [5.41, 5.74) is 0. The molecule has 0 fully saturated rings. The second kappa shape index (κ2) is 35.1. The van der Waals surface area contributed by atoms with E-state index < -0.39 is 47.5 Å². The molecule has 0 atom stereocenters. The van der Waals surface area contributed by atoms with Gasteiger partial charge in [0.05, 0.1) is 0 Å². The first kappa shape index (κ1) is 63.6. The standard InChI is InChI=1S/3C25H22P2.2Pt/c3*1-5-13-22(14-6-1)26(23-15-7-2-8-16-23)21-27(24-17-9-3-10-18-24)25-19-11-4-12-20-25;;/h3*1-20H,21H2;;/p+6. The Labute approximate surface area is 530 Å². The maximum Gasteiger partial charge on any atom is 0.174 e. The molecular formula is C75H72P6Pt2+6. The first-order valence-electron chi connectivity index (χ1n) is 28.0. The third-order valence-electron chi connectivity index (χ3n) is 14.5. The van der Waals surface area contributed by atoms with Crippen molar-refractivity contribution in [3.63, 3.8) is 0 Å². The zero-order chi connectivity index (χ0) is 54.9. The molecule has 416 valence electrons. The van der Waals surface area contributed by atoms with Crippen molar-refractivity contribution in [1.82, 2.24) is 0 Å². The average molecular weight is 1550 g/mol. The van der Waals surface area contributed by atoms with E-state index >= 15 is 0 Å². The van der Waals surface area contributed by atoms with Crippen molar-refractivity contribution in [3.05, 3.63) is 364 Å². The van der Waals surface area contributed by atoms with Gasteiger partial charge in [0.25, 0.3) is 0 Å². The van der Waals surface area contributed by atoms with Crippen LogP contribution in [0.2, 0.25) is 0 Å². The van der Waals surface area contributed by atoms with Gasteiger partial charge in [-0.2, -0.15) is 0 Å². The first-order valence-corrected chi connectivity index (χ1v) is 38.3. The Hall–Kier alpha value is -5.40. The summed E-state index contributed by atoms with van der Waals surface area (Å²) in [6.07, 6.45) is 0. The van der Waals surface area contributed by atoms with E-state index in [9.17, 15) is 0 Å². The van der Waals surface area contributed by atoms with Crippen LogP contribution in [0, 0.1) is 0 Å². The molecule has 0 spiro atoms. The largest absolute Gasteiger partial charge is 0.174 e. The topological polar surface area (TPSA) is 0 Å². The SMILES string of the molecule is [Pt].[Pt].c1ccc([PH+](C[PH+](c2ccccc2)c2ccccc2)c2ccccc2)cc1.c1ccc([PH+](C[PH+](c2ccccc2)c2ccccc2)c2ccccc2)cc1.c1ccc([PH+](C[PH+](c2ccccc2)c2ccccc2)c2ccccc2)cc1. The van der Waals surface area contributed by atoms with Crippen molar-refractivity contribution in [2.75, 3.05) is 17.7 Å². The van der Waals surface area contributed by atoms with E-state index in [1.807, 2.05) is 0 Å². The summed E-state index contributed by atoms with van der Waals surface area (Å²) in [5, 5.41) is 18.0. The number of rotatable bonds is 18. The van der Waals surface area contributed by atoms with Crippen LogP contribution in [0.25, 0.3) is 0 Å². The maximum absolute atomic E-state index is 2.32. The van der Waals surface area contributed by atoms with Crippen LogP contribution >= 0.6 is 47.5 Å². The van der Waals surface area contributed by atoms with E-state index in [1.54, 1.807) is 0 Å². The van der Waals surface area contributed by atoms with Crippen LogP contribution in [0.15, 0.2) is 364 Å². The van der Waals surface area contributed by atoms with Gasteiger partial charge in [0, 0.05) is 42.1 Å². The van der Waals surface area contributed by atoms with Crippen LogP contribution in [0.4, 0.5) is 0 Å². The minimum absolute atomic E-state index is 0. The van der Waals surface area contributed by atoms with Gasteiger partial charge in [0.2, 0.25) is 0 Å². The molecule has 0 aliphatic heterocycles. The maximum atomic E-state index is 2.32. The molecule has 0 aliphatic carbocycles. The predicted octanol–water partition coefficient (Wildman–Crippen LogP) is 14.0. The third kappa shape index (κ3) is 18.8. The molecule has 0 aliphatic rings. The number of hydrogen-bond donors (Lipinski definition) is 0. The quantitative estimate of drug-likeness (QED) is 0.0751. The summed E-state index contributed by atoms with van der Waals surface area (Å²) in [6, 6.07) is 133. The van der Waals surface area contributed by atoms with Gasteiger partial charge in [-0.3, -0.25) is 0 Å². The van der Waals surface area contributed by atoms with E-state index in [0.29, 0.717) is 0 Å². The van der Waals surface area contributed by atoms with Gasteiger partial charge in [-0.15, -0.1) is 0 Å². The Kier molecular flexibility index (Phi) is 26.9. The van der Waals surface area contributed by atoms with Crippen LogP contribution in [-0.2, 0) is 42.1 Å². The summed E-state index contributed by atoms with van der Waals surface area (Å²) in [5.74, 6) is 3.74. The fourth-order valence-corrected chi connectivity index (χ4v) is 33.6. The van der Waals surface area contributed by atoms with E-state index in [1.165, 1.54) is 81.4 Å². The van der Waals surface area contributed by atoms with Crippen LogP contribution in [0.5, 0.6) is 0 Å². The summed E-state index contributed by atoms with van der Waals surface area (Å²) in [6.45, 7) is 0. The molecule has 0 aromatic heterocycles. The minimum Gasteiger partial charge on any atom is -0.0620 e. The summed E-state index contributed by atoms with van der Waals surface area (Å²) >= 11 is 0. The first-order chi connectivity index (χ1) is 40.2. The van der Waals surface area contributed by atoms with Gasteiger partial charge < -0.3 is 0 Å². The molecule has 0 saturated heterocycles. The molecule has 0 nitrogen and oxygen atoms in total. The zero-order valence-electron chi connectivity index (χ0n) is 46.4. The van der Waals surface area contributed by atoms with Gasteiger partial charge in [-0.1, -0.05) is 218 Å². The van der Waals surface area contributed by atoms with Crippen LogP contribution in [0.3, 0.4) is 0 Å². The van der Waals surface area contributed by atoms with Crippen molar-refractivity contribution in [2.24, 2.45) is 0 Å². The average Bonchev–Trinajstić information content (AvgIpc) is 3.73. The Morgan fingerprint density at radius 1 is 0.120 bits per heavy atom. The smallest absolute Gasteiger partial charge is 0.0620 e. The van der Waals surface area contributed by atoms with Crippen molar-refractivity contribution < 1.29 is 42.1 Å². The second-order valence-corrected chi connectivity index (χ2v) is 36.7. The minimum atomic E-state index is -0.847. The molecule has 0 heterocycles. The van der Waals surface area contributed by atoms with Gasteiger partial charge in [-0.05, 0) is 146 Å². The Balaban J connectivity index is 0.000000161. The molecule has 0 radical (unpaired) electrons. The number of benzene rings is 12. The van der Waals surface area contributed by atoms with Crippen molar-refractivity contribution in [2.45, 2.75) is 0 Å². The van der Waals surface area contributed by atoms with Gasteiger partial charge in [0.15, 0.2) is 17.7 Å². The molecule has 8 heteroatoms. The second-order valence-electron chi connectivity index (χ2n) is 19.8. The van der Waals surface area contributed by atoms with Gasteiger partial charge in [0.1, 0.15) is 111 Å². The van der Waals surface area contributed by atoms with Gasteiger partial charge in [-0.25, -0.2) is 0 Å². The molecule has 0 bridgehead atoms. The molecule has 0 N–H and O–H groups in total. The third-order valence-corrected chi connectivity index (χ3v) is 35.4. The van der Waals surface area contributed by atoms with Gasteiger partial charge >= 0.3 is 0 Å². The van der Waals surface area contributed by atoms with Crippen molar-refractivity contribution in [1.29, 1.82) is 0 Å². The van der Waals surface area contributed by atoms with E-state index in [0.717, 1.165) is 0 Å². The van der Waals surface area contributed by atoms with Crippen molar-refractivity contribution in [3.8, 4) is 0 Å². The predicted molar refractivity (Wildman–Crippen MR) is 377 cm³/mol.